The highest BCUT2D eigenvalue weighted by molar-refractivity contribution is 9.10. The van der Waals surface area contributed by atoms with E-state index in [9.17, 15) is 9.90 Å². The van der Waals surface area contributed by atoms with Gasteiger partial charge in [-0.05, 0) is 30.3 Å². The fraction of sp³-hybridized carbons (Fsp3) is 0. The van der Waals surface area contributed by atoms with E-state index in [2.05, 4.69) is 33.1 Å². The minimum atomic E-state index is -0.258. The van der Waals surface area contributed by atoms with Crippen LogP contribution in [0.25, 0.3) is 11.3 Å². The van der Waals surface area contributed by atoms with E-state index in [1.807, 2.05) is 18.2 Å². The maximum absolute atomic E-state index is 12.5. The lowest BCUT2D eigenvalue weighted by Gasteiger charge is -2.14. The predicted octanol–water partition coefficient (Wildman–Crippen LogP) is 3.73. The van der Waals surface area contributed by atoms with Gasteiger partial charge in [0.2, 0.25) is 0 Å². The van der Waals surface area contributed by atoms with Gasteiger partial charge >= 0.3 is 0 Å². The molecular formula is C18H14BrN3O2. The Labute approximate surface area is 147 Å². The number of phenols is 1. The summed E-state index contributed by atoms with van der Waals surface area (Å²) < 4.78 is 0.844. The number of amides is 1. The zero-order chi connectivity index (χ0) is 17.3. The van der Waals surface area contributed by atoms with Gasteiger partial charge in [-0.25, -0.2) is 0 Å². The summed E-state index contributed by atoms with van der Waals surface area (Å²) in [6.07, 6.45) is 1.07. The molecule has 0 radical (unpaired) electrons. The molecule has 6 heteroatoms. The van der Waals surface area contributed by atoms with Gasteiger partial charge in [-0.3, -0.25) is 4.79 Å². The Morgan fingerprint density at radius 1 is 1.29 bits per heavy atom. The lowest BCUT2D eigenvalue weighted by Crippen LogP contribution is -2.16. The zero-order valence-electron chi connectivity index (χ0n) is 12.6. The Morgan fingerprint density at radius 2 is 2.08 bits per heavy atom. The number of anilines is 1. The first-order chi connectivity index (χ1) is 11.5. The van der Waals surface area contributed by atoms with Crippen LogP contribution in [0.3, 0.4) is 0 Å². The number of hydrogen-bond donors (Lipinski definition) is 4. The van der Waals surface area contributed by atoms with Crippen LogP contribution in [0.2, 0.25) is 0 Å². The van der Waals surface area contributed by atoms with Gasteiger partial charge in [0.25, 0.3) is 5.91 Å². The molecule has 0 bridgehead atoms. The van der Waals surface area contributed by atoms with Crippen LogP contribution in [0, 0.1) is 5.41 Å². The van der Waals surface area contributed by atoms with E-state index in [0.29, 0.717) is 28.2 Å². The van der Waals surface area contributed by atoms with Crippen LogP contribution >= 0.6 is 15.9 Å². The summed E-state index contributed by atoms with van der Waals surface area (Å²) in [5.74, 6) is -0.174. The summed E-state index contributed by atoms with van der Waals surface area (Å²) in [7, 11) is 0. The molecule has 2 aromatic carbocycles. The molecule has 2 aromatic rings. The van der Waals surface area contributed by atoms with Crippen molar-refractivity contribution in [2.75, 3.05) is 5.32 Å². The van der Waals surface area contributed by atoms with Crippen LogP contribution in [0.5, 0.6) is 5.75 Å². The molecule has 0 saturated carbocycles. The van der Waals surface area contributed by atoms with Gasteiger partial charge in [0, 0.05) is 33.2 Å². The smallest absolute Gasteiger partial charge is 0.258 e. The molecule has 1 aliphatic rings. The monoisotopic (exact) mass is 383 g/mol. The van der Waals surface area contributed by atoms with Gasteiger partial charge < -0.3 is 21.1 Å². The number of rotatable bonds is 4. The fourth-order valence-electron chi connectivity index (χ4n) is 2.52. The van der Waals surface area contributed by atoms with E-state index in [1.54, 1.807) is 24.3 Å². The van der Waals surface area contributed by atoms with Crippen molar-refractivity contribution in [1.82, 2.24) is 5.32 Å². The van der Waals surface area contributed by atoms with Crippen LogP contribution < -0.4 is 10.6 Å². The number of aromatic hydroxyl groups is 1. The number of carbonyl (C=O) groups excluding carboxylic acids is 1. The molecule has 1 aliphatic heterocycles. The Bertz CT molecular complexity index is 903. The van der Waals surface area contributed by atoms with Crippen molar-refractivity contribution in [3.63, 3.8) is 0 Å². The number of halogens is 1. The quantitative estimate of drug-likeness (QED) is 0.479. The van der Waals surface area contributed by atoms with E-state index >= 15 is 0 Å². The second-order valence-electron chi connectivity index (χ2n) is 5.24. The van der Waals surface area contributed by atoms with E-state index < -0.39 is 0 Å². The average Bonchev–Trinajstić information content (AvgIpc) is 2.87. The summed E-state index contributed by atoms with van der Waals surface area (Å²) in [5, 5.41) is 22.9. The van der Waals surface area contributed by atoms with Gasteiger partial charge in [-0.2, -0.15) is 0 Å². The third-order valence-corrected chi connectivity index (χ3v) is 4.06. The third-order valence-electron chi connectivity index (χ3n) is 3.57. The van der Waals surface area contributed by atoms with Crippen molar-refractivity contribution in [2.24, 2.45) is 0 Å². The molecule has 3 rings (SSSR count). The van der Waals surface area contributed by atoms with Crippen molar-refractivity contribution in [3.05, 3.63) is 70.3 Å². The summed E-state index contributed by atoms with van der Waals surface area (Å²) in [6, 6.07) is 12.1. The summed E-state index contributed by atoms with van der Waals surface area (Å²) in [4.78, 5) is 12.5. The molecule has 0 unspecified atom stereocenters. The maximum atomic E-state index is 12.5. The molecule has 0 atom stereocenters. The number of phenolic OH excluding ortho intramolecular Hbond substituents is 1. The van der Waals surface area contributed by atoms with Gasteiger partial charge in [0.15, 0.2) is 0 Å². The standard InChI is InChI=1S/C18H14BrN3O2/c1-10(9-20)21-17(11-3-2-4-13(23)7-11)16-14-8-12(19)5-6-15(14)22-18(16)24/h2-9,20-21,23H,1H2,(H,22,24)/b17-16-,20-9?. The highest BCUT2D eigenvalue weighted by Crippen LogP contribution is 2.38. The predicted molar refractivity (Wildman–Crippen MR) is 98.8 cm³/mol. The van der Waals surface area contributed by atoms with Crippen molar-refractivity contribution < 1.29 is 9.90 Å². The van der Waals surface area contributed by atoms with E-state index in [1.165, 1.54) is 0 Å². The SMILES string of the molecule is C=C(C=N)N/C(=C1\C(=O)Nc2ccc(Br)cc21)c1cccc(O)c1. The number of carbonyl (C=O) groups is 1. The van der Waals surface area contributed by atoms with Gasteiger partial charge in [0.1, 0.15) is 5.75 Å². The largest absolute Gasteiger partial charge is 0.508 e. The minimum Gasteiger partial charge on any atom is -0.508 e. The van der Waals surface area contributed by atoms with Crippen LogP contribution in [0.4, 0.5) is 5.69 Å². The highest BCUT2D eigenvalue weighted by Gasteiger charge is 2.28. The van der Waals surface area contributed by atoms with Crippen molar-refractivity contribution in [2.45, 2.75) is 0 Å². The molecule has 0 aromatic heterocycles. The van der Waals surface area contributed by atoms with Crippen molar-refractivity contribution in [3.8, 4) is 5.75 Å². The molecule has 4 N–H and O–H groups in total. The number of hydrogen-bond acceptors (Lipinski definition) is 4. The van der Waals surface area contributed by atoms with Crippen LogP contribution in [-0.2, 0) is 4.79 Å². The highest BCUT2D eigenvalue weighted by atomic mass is 79.9. The number of fused-ring (bicyclic) bond motifs is 1. The van der Waals surface area contributed by atoms with Crippen LogP contribution in [0.1, 0.15) is 11.1 Å². The first-order valence-corrected chi connectivity index (χ1v) is 7.90. The second kappa shape index (κ2) is 6.33. The molecule has 5 nitrogen and oxygen atoms in total. The number of benzene rings is 2. The molecule has 1 heterocycles. The fourth-order valence-corrected chi connectivity index (χ4v) is 2.89. The molecule has 1 amide bonds. The average molecular weight is 384 g/mol. The van der Waals surface area contributed by atoms with Gasteiger partial charge in [-0.15, -0.1) is 0 Å². The molecule has 120 valence electrons. The summed E-state index contributed by atoms with van der Waals surface area (Å²) in [5.41, 5.74) is 3.30. The van der Waals surface area contributed by atoms with Gasteiger partial charge in [-0.1, -0.05) is 34.6 Å². The first-order valence-electron chi connectivity index (χ1n) is 7.11. The number of allylic oxidation sites excluding steroid dienone is 1. The Balaban J connectivity index is 2.26. The van der Waals surface area contributed by atoms with E-state index in [4.69, 9.17) is 5.41 Å². The molecule has 0 aliphatic carbocycles. The topological polar surface area (TPSA) is 85.2 Å². The lowest BCUT2D eigenvalue weighted by molar-refractivity contribution is -0.110. The maximum Gasteiger partial charge on any atom is 0.258 e. The summed E-state index contributed by atoms with van der Waals surface area (Å²) >= 11 is 3.42. The van der Waals surface area contributed by atoms with E-state index in [0.717, 1.165) is 16.3 Å². The van der Waals surface area contributed by atoms with Crippen LogP contribution in [-0.4, -0.2) is 17.2 Å². The Kier molecular flexibility index (Phi) is 4.22. The zero-order valence-corrected chi connectivity index (χ0v) is 14.1. The second-order valence-corrected chi connectivity index (χ2v) is 6.15. The molecule has 0 spiro atoms. The molecule has 0 saturated heterocycles. The third kappa shape index (κ3) is 2.96. The minimum absolute atomic E-state index is 0.0840. The Hall–Kier alpha value is -2.86. The van der Waals surface area contributed by atoms with Crippen molar-refractivity contribution >= 4 is 45.0 Å². The summed E-state index contributed by atoms with van der Waals surface area (Å²) in [6.45, 7) is 3.74. The van der Waals surface area contributed by atoms with Gasteiger partial charge in [0.05, 0.1) is 11.3 Å². The first kappa shape index (κ1) is 16.0. The van der Waals surface area contributed by atoms with Crippen molar-refractivity contribution in [1.29, 1.82) is 5.41 Å². The molecular weight excluding hydrogens is 370 g/mol. The molecule has 0 fully saturated rings. The van der Waals surface area contributed by atoms with Crippen LogP contribution in [0.15, 0.2) is 59.2 Å². The lowest BCUT2D eigenvalue weighted by atomic mass is 10.00. The van der Waals surface area contributed by atoms with E-state index in [-0.39, 0.29) is 11.7 Å². The molecule has 24 heavy (non-hydrogen) atoms. The Morgan fingerprint density at radius 3 is 2.79 bits per heavy atom. The number of nitrogens with one attached hydrogen (secondary N) is 3. The normalized spacial score (nSPS) is 14.6.